The van der Waals surface area contributed by atoms with Crippen LogP contribution in [-0.2, 0) is 9.59 Å². The molecule has 0 aromatic heterocycles. The van der Waals surface area contributed by atoms with Crippen LogP contribution in [-0.4, -0.2) is 48.9 Å². The van der Waals surface area contributed by atoms with Crippen molar-refractivity contribution < 1.29 is 9.59 Å². The summed E-state index contributed by atoms with van der Waals surface area (Å²) in [6.07, 6.45) is 4.98. The molecule has 0 aliphatic carbocycles. The molecule has 0 saturated carbocycles. The third-order valence-corrected chi connectivity index (χ3v) is 3.49. The third kappa shape index (κ3) is 3.70. The van der Waals surface area contributed by atoms with Crippen molar-refractivity contribution in [1.82, 2.24) is 15.5 Å². The zero-order chi connectivity index (χ0) is 12.1. The fourth-order valence-electron chi connectivity index (χ4n) is 2.45. The fourth-order valence-corrected chi connectivity index (χ4v) is 2.45. The Morgan fingerprint density at radius 1 is 1.35 bits per heavy atom. The minimum absolute atomic E-state index is 0.0128. The van der Waals surface area contributed by atoms with Gasteiger partial charge in [0, 0.05) is 19.5 Å². The minimum Gasteiger partial charge on any atom is -0.353 e. The molecule has 0 unspecified atom stereocenters. The molecule has 2 amide bonds. The Balaban J connectivity index is 1.61. The zero-order valence-electron chi connectivity index (χ0n) is 10.2. The molecule has 0 bridgehead atoms. The first-order valence-electron chi connectivity index (χ1n) is 6.55. The highest BCUT2D eigenvalue weighted by Crippen LogP contribution is 2.08. The summed E-state index contributed by atoms with van der Waals surface area (Å²) in [5.74, 6) is -0.0472. The summed E-state index contributed by atoms with van der Waals surface area (Å²) in [6, 6.07) is -0.302. The van der Waals surface area contributed by atoms with Gasteiger partial charge in [-0.05, 0) is 32.4 Å². The van der Waals surface area contributed by atoms with Gasteiger partial charge in [0.1, 0.15) is 6.04 Å². The van der Waals surface area contributed by atoms with Crippen LogP contribution in [0.25, 0.3) is 0 Å². The van der Waals surface area contributed by atoms with Gasteiger partial charge in [-0.25, -0.2) is 0 Å². The predicted octanol–water partition coefficient (Wildman–Crippen LogP) is -0.133. The molecule has 2 fully saturated rings. The van der Waals surface area contributed by atoms with Crippen LogP contribution in [0, 0.1) is 0 Å². The maximum Gasteiger partial charge on any atom is 0.242 e. The van der Waals surface area contributed by atoms with Crippen molar-refractivity contribution in [2.24, 2.45) is 0 Å². The van der Waals surface area contributed by atoms with Gasteiger partial charge >= 0.3 is 0 Å². The fraction of sp³-hybridized carbons (Fsp3) is 0.833. The third-order valence-electron chi connectivity index (χ3n) is 3.49. The summed E-state index contributed by atoms with van der Waals surface area (Å²) >= 11 is 0. The summed E-state index contributed by atoms with van der Waals surface area (Å²) < 4.78 is 0. The van der Waals surface area contributed by atoms with Gasteiger partial charge in [-0.15, -0.1) is 0 Å². The van der Waals surface area contributed by atoms with Gasteiger partial charge in [-0.2, -0.15) is 0 Å². The Hall–Kier alpha value is -1.10. The highest BCUT2D eigenvalue weighted by Gasteiger charge is 2.26. The van der Waals surface area contributed by atoms with E-state index < -0.39 is 0 Å². The van der Waals surface area contributed by atoms with Gasteiger partial charge in [0.25, 0.3) is 0 Å². The number of hydrogen-bond donors (Lipinski definition) is 2. The monoisotopic (exact) mass is 239 g/mol. The molecule has 5 heteroatoms. The van der Waals surface area contributed by atoms with Crippen LogP contribution in [0.3, 0.4) is 0 Å². The second-order valence-electron chi connectivity index (χ2n) is 4.85. The van der Waals surface area contributed by atoms with Crippen LogP contribution in [0.5, 0.6) is 0 Å². The number of piperidine rings is 1. The van der Waals surface area contributed by atoms with Crippen LogP contribution in [0.15, 0.2) is 0 Å². The topological polar surface area (TPSA) is 61.4 Å². The van der Waals surface area contributed by atoms with E-state index in [1.807, 2.05) is 0 Å². The summed E-state index contributed by atoms with van der Waals surface area (Å²) in [4.78, 5) is 25.1. The summed E-state index contributed by atoms with van der Waals surface area (Å²) in [5, 5.41) is 5.57. The standard InChI is InChI=1S/C12H21N3O2/c16-11-5-4-10(14-11)12(17)13-6-9-15-7-2-1-3-8-15/h10H,1-9H2,(H,13,17)(H,14,16)/t10-/m0/s1. The summed E-state index contributed by atoms with van der Waals surface area (Å²) in [5.41, 5.74) is 0. The van der Waals surface area contributed by atoms with E-state index in [-0.39, 0.29) is 17.9 Å². The molecule has 1 atom stereocenters. The minimum atomic E-state index is -0.302. The molecule has 5 nitrogen and oxygen atoms in total. The second-order valence-corrected chi connectivity index (χ2v) is 4.85. The normalized spacial score (nSPS) is 25.6. The summed E-state index contributed by atoms with van der Waals surface area (Å²) in [6.45, 7) is 3.91. The first kappa shape index (κ1) is 12.4. The molecule has 96 valence electrons. The molecule has 2 saturated heterocycles. The van der Waals surface area contributed by atoms with Crippen LogP contribution in [0.2, 0.25) is 0 Å². The molecule has 2 aliphatic heterocycles. The smallest absolute Gasteiger partial charge is 0.242 e. The van der Waals surface area contributed by atoms with Crippen molar-refractivity contribution in [2.75, 3.05) is 26.2 Å². The van der Waals surface area contributed by atoms with E-state index in [1.54, 1.807) is 0 Å². The summed E-state index contributed by atoms with van der Waals surface area (Å²) in [7, 11) is 0. The Bertz CT molecular complexity index is 287. The van der Waals surface area contributed by atoms with E-state index in [4.69, 9.17) is 0 Å². The van der Waals surface area contributed by atoms with Crippen LogP contribution < -0.4 is 10.6 Å². The van der Waals surface area contributed by atoms with Gasteiger partial charge < -0.3 is 15.5 Å². The molecule has 2 rings (SSSR count). The Morgan fingerprint density at radius 3 is 2.76 bits per heavy atom. The van der Waals surface area contributed by atoms with Crippen LogP contribution in [0.1, 0.15) is 32.1 Å². The number of nitrogens with one attached hydrogen (secondary N) is 2. The Morgan fingerprint density at radius 2 is 2.12 bits per heavy atom. The van der Waals surface area contributed by atoms with E-state index in [1.165, 1.54) is 19.3 Å². The molecule has 0 radical (unpaired) electrons. The maximum absolute atomic E-state index is 11.7. The quantitative estimate of drug-likeness (QED) is 0.718. The number of carbonyl (C=O) groups is 2. The highest BCUT2D eigenvalue weighted by molar-refractivity contribution is 5.90. The van der Waals surface area contributed by atoms with E-state index in [2.05, 4.69) is 15.5 Å². The molecule has 2 N–H and O–H groups in total. The van der Waals surface area contributed by atoms with Gasteiger partial charge in [0.2, 0.25) is 11.8 Å². The first-order valence-corrected chi connectivity index (χ1v) is 6.55. The lowest BCUT2D eigenvalue weighted by atomic mass is 10.1. The molecule has 2 aliphatic rings. The number of nitrogens with zero attached hydrogens (tertiary/aromatic N) is 1. The number of hydrogen-bond acceptors (Lipinski definition) is 3. The largest absolute Gasteiger partial charge is 0.353 e. The molecule has 0 aromatic carbocycles. The number of amides is 2. The average Bonchev–Trinajstić information content (AvgIpc) is 2.77. The molecule has 0 aromatic rings. The van der Waals surface area contributed by atoms with E-state index in [9.17, 15) is 9.59 Å². The van der Waals surface area contributed by atoms with Gasteiger partial charge in [0.05, 0.1) is 0 Å². The lowest BCUT2D eigenvalue weighted by Crippen LogP contribution is -2.44. The molecular weight excluding hydrogens is 218 g/mol. The van der Waals surface area contributed by atoms with Crippen LogP contribution in [0.4, 0.5) is 0 Å². The van der Waals surface area contributed by atoms with Crippen molar-refractivity contribution in [1.29, 1.82) is 0 Å². The zero-order valence-corrected chi connectivity index (χ0v) is 10.2. The predicted molar refractivity (Wildman–Crippen MR) is 64.5 cm³/mol. The van der Waals surface area contributed by atoms with E-state index in [0.29, 0.717) is 19.4 Å². The lowest BCUT2D eigenvalue weighted by molar-refractivity contribution is -0.125. The first-order chi connectivity index (χ1) is 8.25. The van der Waals surface area contributed by atoms with E-state index in [0.717, 1.165) is 19.6 Å². The number of carbonyl (C=O) groups excluding carboxylic acids is 2. The maximum atomic E-state index is 11.7. The number of rotatable bonds is 4. The van der Waals surface area contributed by atoms with Crippen molar-refractivity contribution in [2.45, 2.75) is 38.1 Å². The molecule has 17 heavy (non-hydrogen) atoms. The number of likely N-dealkylation sites (tertiary alicyclic amines) is 1. The van der Waals surface area contributed by atoms with Gasteiger partial charge in [-0.1, -0.05) is 6.42 Å². The van der Waals surface area contributed by atoms with E-state index >= 15 is 0 Å². The van der Waals surface area contributed by atoms with Crippen molar-refractivity contribution in [3.8, 4) is 0 Å². The van der Waals surface area contributed by atoms with Crippen molar-refractivity contribution in [3.05, 3.63) is 0 Å². The Kier molecular flexibility index (Phi) is 4.36. The Labute approximate surface area is 102 Å². The van der Waals surface area contributed by atoms with Crippen molar-refractivity contribution in [3.63, 3.8) is 0 Å². The van der Waals surface area contributed by atoms with Gasteiger partial charge in [-0.3, -0.25) is 9.59 Å². The second kappa shape index (κ2) is 6.00. The van der Waals surface area contributed by atoms with Crippen LogP contribution >= 0.6 is 0 Å². The molecular formula is C12H21N3O2. The SMILES string of the molecule is O=C1CC[C@@H](C(=O)NCCN2CCCCC2)N1. The lowest BCUT2D eigenvalue weighted by Gasteiger charge is -2.26. The molecule has 2 heterocycles. The average molecular weight is 239 g/mol. The highest BCUT2D eigenvalue weighted by atomic mass is 16.2. The molecule has 0 spiro atoms. The van der Waals surface area contributed by atoms with Gasteiger partial charge in [0.15, 0.2) is 0 Å². The van der Waals surface area contributed by atoms with Crippen molar-refractivity contribution >= 4 is 11.8 Å².